The Kier molecular flexibility index (Phi) is 4.73. The quantitative estimate of drug-likeness (QED) is 0.432. The average Bonchev–Trinajstić information content (AvgIpc) is 2.87. The molecule has 1 atom stereocenters. The van der Waals surface area contributed by atoms with Gasteiger partial charge >= 0.3 is 0 Å². The molecule has 3 aromatic rings. The molecule has 0 radical (unpaired) electrons. The fourth-order valence-electron chi connectivity index (χ4n) is 3.23. The lowest BCUT2D eigenvalue weighted by atomic mass is 9.91. The zero-order chi connectivity index (χ0) is 15.1. The Morgan fingerprint density at radius 3 is 2.65 bits per heavy atom. The molecule has 0 bridgehead atoms. The number of hydrogen-bond donors (Lipinski definition) is 0. The van der Waals surface area contributed by atoms with E-state index >= 15 is 0 Å². The molecule has 2 aromatic carbocycles. The van der Waals surface area contributed by atoms with Crippen molar-refractivity contribution < 1.29 is 28.5 Å². The number of hydrogen-bond acceptors (Lipinski definition) is 2. The SMILES string of the molecule is CN1C=CC(Cc2sc3ccccc3[n+]2C)c2ccccc21.[I-]. The third-order valence-electron chi connectivity index (χ3n) is 4.48. The summed E-state index contributed by atoms with van der Waals surface area (Å²) in [4.78, 5) is 2.21. The number of thiazole rings is 1. The first kappa shape index (κ1) is 16.5. The standard InChI is InChI=1S/C19H19N2S.HI/c1-20-12-11-14(15-7-3-4-8-16(15)20)13-19-21(2)17-9-5-6-10-18(17)22-19;/h3-12,14H,13H2,1-2H3;1H/q+1;/p-1. The van der Waals surface area contributed by atoms with Crippen LogP contribution in [0.3, 0.4) is 0 Å². The van der Waals surface area contributed by atoms with E-state index in [0.717, 1.165) is 6.42 Å². The van der Waals surface area contributed by atoms with E-state index in [2.05, 4.69) is 84.4 Å². The fourth-order valence-corrected chi connectivity index (χ4v) is 4.44. The summed E-state index contributed by atoms with van der Waals surface area (Å²) in [5, 5.41) is 1.43. The van der Waals surface area contributed by atoms with Gasteiger partial charge in [-0.2, -0.15) is 4.57 Å². The van der Waals surface area contributed by atoms with E-state index in [9.17, 15) is 0 Å². The van der Waals surface area contributed by atoms with Crippen LogP contribution >= 0.6 is 11.3 Å². The van der Waals surface area contributed by atoms with E-state index in [-0.39, 0.29) is 24.0 Å². The summed E-state index contributed by atoms with van der Waals surface area (Å²) in [6.45, 7) is 0. The summed E-state index contributed by atoms with van der Waals surface area (Å²) in [5.74, 6) is 0.451. The predicted molar refractivity (Wildman–Crippen MR) is 93.4 cm³/mol. The predicted octanol–water partition coefficient (Wildman–Crippen LogP) is 1.02. The van der Waals surface area contributed by atoms with Gasteiger partial charge in [-0.15, -0.1) is 0 Å². The maximum atomic E-state index is 2.34. The number of nitrogens with zero attached hydrogens (tertiary/aromatic N) is 2. The topological polar surface area (TPSA) is 7.12 Å². The van der Waals surface area contributed by atoms with E-state index in [1.54, 1.807) is 0 Å². The monoisotopic (exact) mass is 434 g/mol. The molecule has 1 aliphatic heterocycles. The van der Waals surface area contributed by atoms with Gasteiger partial charge in [0.25, 0.3) is 0 Å². The van der Waals surface area contributed by atoms with Gasteiger partial charge in [0, 0.05) is 30.9 Å². The fraction of sp³-hybridized carbons (Fsp3) is 0.211. The number of para-hydroxylation sites is 2. The second kappa shape index (κ2) is 6.61. The van der Waals surface area contributed by atoms with Crippen LogP contribution in [0.15, 0.2) is 60.8 Å². The molecule has 0 amide bonds. The van der Waals surface area contributed by atoms with Crippen molar-refractivity contribution in [1.82, 2.24) is 0 Å². The number of aromatic nitrogens is 1. The molecule has 4 rings (SSSR count). The second-order valence-corrected chi connectivity index (χ2v) is 6.96. The van der Waals surface area contributed by atoms with E-state index < -0.39 is 0 Å². The van der Waals surface area contributed by atoms with Crippen LogP contribution in [-0.4, -0.2) is 7.05 Å². The number of benzene rings is 2. The lowest BCUT2D eigenvalue weighted by Gasteiger charge is -2.26. The lowest BCUT2D eigenvalue weighted by Crippen LogP contribution is -3.00. The summed E-state index contributed by atoms with van der Waals surface area (Å²) in [7, 11) is 4.30. The van der Waals surface area contributed by atoms with Gasteiger partial charge in [-0.05, 0) is 17.7 Å². The molecular weight excluding hydrogens is 415 g/mol. The van der Waals surface area contributed by atoms with E-state index in [1.165, 1.54) is 26.5 Å². The molecular formula is C19H19IN2S. The Hall–Kier alpha value is -1.40. The Labute approximate surface area is 158 Å². The summed E-state index contributed by atoms with van der Waals surface area (Å²) in [6.07, 6.45) is 5.57. The summed E-state index contributed by atoms with van der Waals surface area (Å²) in [5.41, 5.74) is 4.07. The normalized spacial score (nSPS) is 16.3. The van der Waals surface area contributed by atoms with Crippen molar-refractivity contribution >= 4 is 27.2 Å². The molecule has 1 aromatic heterocycles. The van der Waals surface area contributed by atoms with Gasteiger partial charge < -0.3 is 28.9 Å². The minimum atomic E-state index is 0. The Balaban J connectivity index is 0.00000156. The van der Waals surface area contributed by atoms with E-state index in [4.69, 9.17) is 0 Å². The first-order chi connectivity index (χ1) is 10.7. The van der Waals surface area contributed by atoms with Crippen LogP contribution < -0.4 is 33.4 Å². The summed E-state index contributed by atoms with van der Waals surface area (Å²) in [6, 6.07) is 17.4. The van der Waals surface area contributed by atoms with Gasteiger partial charge in [0.2, 0.25) is 10.5 Å². The van der Waals surface area contributed by atoms with Gasteiger partial charge in [-0.1, -0.05) is 47.7 Å². The molecule has 0 saturated carbocycles. The van der Waals surface area contributed by atoms with Crippen molar-refractivity contribution in [3.8, 4) is 0 Å². The molecule has 0 aliphatic carbocycles. The first-order valence-electron chi connectivity index (χ1n) is 7.60. The van der Waals surface area contributed by atoms with Gasteiger partial charge in [-0.3, -0.25) is 0 Å². The highest BCUT2D eigenvalue weighted by atomic mass is 127. The van der Waals surface area contributed by atoms with Crippen molar-refractivity contribution in [2.75, 3.05) is 11.9 Å². The molecule has 118 valence electrons. The minimum Gasteiger partial charge on any atom is -1.00 e. The first-order valence-corrected chi connectivity index (χ1v) is 8.42. The molecule has 0 fully saturated rings. The van der Waals surface area contributed by atoms with Gasteiger partial charge in [0.15, 0.2) is 0 Å². The maximum absolute atomic E-state index is 2.34. The third-order valence-corrected chi connectivity index (χ3v) is 5.72. The number of allylic oxidation sites excluding steroid dienone is 1. The molecule has 4 heteroatoms. The molecule has 1 aliphatic rings. The average molecular weight is 434 g/mol. The largest absolute Gasteiger partial charge is 1.00 e. The number of fused-ring (bicyclic) bond motifs is 2. The zero-order valence-electron chi connectivity index (χ0n) is 13.2. The molecule has 0 saturated heterocycles. The van der Waals surface area contributed by atoms with Crippen molar-refractivity contribution in [3.05, 3.63) is 71.4 Å². The Morgan fingerprint density at radius 1 is 1.09 bits per heavy atom. The van der Waals surface area contributed by atoms with Crippen molar-refractivity contribution in [2.45, 2.75) is 12.3 Å². The zero-order valence-corrected chi connectivity index (χ0v) is 16.2. The maximum Gasteiger partial charge on any atom is 0.239 e. The molecule has 0 N–H and O–H groups in total. The summed E-state index contributed by atoms with van der Waals surface area (Å²) >= 11 is 1.91. The van der Waals surface area contributed by atoms with Crippen LogP contribution in [0.2, 0.25) is 0 Å². The number of halogens is 1. The second-order valence-electron chi connectivity index (χ2n) is 5.84. The number of rotatable bonds is 2. The van der Waals surface area contributed by atoms with E-state index in [1.807, 2.05) is 11.3 Å². The third kappa shape index (κ3) is 2.90. The van der Waals surface area contributed by atoms with Crippen LogP contribution in [0.4, 0.5) is 5.69 Å². The van der Waals surface area contributed by atoms with E-state index in [0.29, 0.717) is 5.92 Å². The highest BCUT2D eigenvalue weighted by Gasteiger charge is 2.24. The van der Waals surface area contributed by atoms with Crippen molar-refractivity contribution in [3.63, 3.8) is 0 Å². The smallest absolute Gasteiger partial charge is 0.239 e. The number of aryl methyl sites for hydroxylation is 1. The van der Waals surface area contributed by atoms with Crippen LogP contribution in [0, 0.1) is 0 Å². The van der Waals surface area contributed by atoms with Crippen molar-refractivity contribution in [2.24, 2.45) is 7.05 Å². The molecule has 1 unspecified atom stereocenters. The van der Waals surface area contributed by atoms with Crippen LogP contribution in [0.1, 0.15) is 16.5 Å². The highest BCUT2D eigenvalue weighted by Crippen LogP contribution is 2.35. The molecule has 2 heterocycles. The van der Waals surface area contributed by atoms with Crippen LogP contribution in [0.5, 0.6) is 0 Å². The van der Waals surface area contributed by atoms with Gasteiger partial charge in [0.05, 0.1) is 6.42 Å². The lowest BCUT2D eigenvalue weighted by molar-refractivity contribution is -0.648. The molecule has 23 heavy (non-hydrogen) atoms. The van der Waals surface area contributed by atoms with Crippen LogP contribution in [0.25, 0.3) is 10.2 Å². The minimum absolute atomic E-state index is 0. The van der Waals surface area contributed by atoms with Gasteiger partial charge in [-0.25, -0.2) is 0 Å². The Morgan fingerprint density at radius 2 is 1.83 bits per heavy atom. The summed E-state index contributed by atoms with van der Waals surface area (Å²) < 4.78 is 3.71. The highest BCUT2D eigenvalue weighted by molar-refractivity contribution is 7.18. The molecule has 2 nitrogen and oxygen atoms in total. The van der Waals surface area contributed by atoms with Gasteiger partial charge in [0.1, 0.15) is 11.7 Å². The molecule has 0 spiro atoms. The Bertz CT molecular complexity index is 869. The number of anilines is 1. The van der Waals surface area contributed by atoms with Crippen LogP contribution in [-0.2, 0) is 13.5 Å². The van der Waals surface area contributed by atoms with Crippen molar-refractivity contribution in [1.29, 1.82) is 0 Å².